The quantitative estimate of drug-likeness (QED) is 0.388. The Morgan fingerprint density at radius 1 is 1.21 bits per heavy atom. The number of rotatable bonds is 6. The number of nitrogens with zero attached hydrogens (tertiary/aromatic N) is 5. The Labute approximate surface area is 226 Å². The van der Waals surface area contributed by atoms with E-state index >= 15 is 0 Å². The molecule has 6 rings (SSSR count). The number of unbranched alkanes of at least 4 members (excludes halogenated alkanes) is 1. The molecule has 2 fully saturated rings. The fourth-order valence-corrected chi connectivity index (χ4v) is 6.26. The molecule has 1 aromatic carbocycles. The second-order valence-corrected chi connectivity index (χ2v) is 11.0. The summed E-state index contributed by atoms with van der Waals surface area (Å²) in [6.07, 6.45) is 8.59. The van der Waals surface area contributed by atoms with Crippen molar-refractivity contribution in [2.45, 2.75) is 69.6 Å². The van der Waals surface area contributed by atoms with Crippen LogP contribution in [0.5, 0.6) is 0 Å². The van der Waals surface area contributed by atoms with Gasteiger partial charge in [0.25, 0.3) is 0 Å². The highest BCUT2D eigenvalue weighted by atomic mass is 35.5. The SMILES string of the molecule is N#CCCCn1c(CN2C(=O)C3(CCN(C(=O)OC4CCC4)CC3)c3ccncc32)cc2cc(Cl)ccc21. The van der Waals surface area contributed by atoms with Gasteiger partial charge in [-0.2, -0.15) is 5.26 Å². The monoisotopic (exact) mass is 531 g/mol. The standard InChI is InChI=1S/C29H30ClN5O3/c30-21-6-7-25-20(16-21)17-22(34(25)13-2-1-11-31)19-35-26-18-32-12-8-24(26)29(27(35)36)9-14-33(15-10-29)28(37)38-23-4-3-5-23/h6-8,12,16-18,23H,1-5,9-10,13-15,19H2. The van der Waals surface area contributed by atoms with Gasteiger partial charge >= 0.3 is 6.09 Å². The number of benzene rings is 1. The second kappa shape index (κ2) is 9.95. The smallest absolute Gasteiger partial charge is 0.410 e. The second-order valence-electron chi connectivity index (χ2n) is 10.5. The molecular weight excluding hydrogens is 502 g/mol. The van der Waals surface area contributed by atoms with Crippen molar-refractivity contribution in [1.82, 2.24) is 14.5 Å². The van der Waals surface area contributed by atoms with Crippen LogP contribution in [-0.4, -0.2) is 45.6 Å². The maximum absolute atomic E-state index is 14.2. The van der Waals surface area contributed by atoms with Gasteiger partial charge < -0.3 is 19.1 Å². The molecule has 9 heteroatoms. The van der Waals surface area contributed by atoms with Crippen molar-refractivity contribution in [2.24, 2.45) is 0 Å². The highest BCUT2D eigenvalue weighted by Gasteiger charge is 2.53. The van der Waals surface area contributed by atoms with Crippen LogP contribution in [0.15, 0.2) is 42.7 Å². The van der Waals surface area contributed by atoms with Gasteiger partial charge in [0.1, 0.15) is 6.10 Å². The number of ether oxygens (including phenoxy) is 1. The van der Waals surface area contributed by atoms with Crippen molar-refractivity contribution < 1.29 is 14.3 Å². The number of likely N-dealkylation sites (tertiary alicyclic amines) is 1. The molecule has 8 nitrogen and oxygen atoms in total. The van der Waals surface area contributed by atoms with Crippen LogP contribution in [0.3, 0.4) is 0 Å². The van der Waals surface area contributed by atoms with Crippen molar-refractivity contribution in [2.75, 3.05) is 18.0 Å². The van der Waals surface area contributed by atoms with Gasteiger partial charge in [0.05, 0.1) is 29.9 Å². The Hall–Kier alpha value is -3.57. The minimum absolute atomic E-state index is 0.0450. The van der Waals surface area contributed by atoms with Gasteiger partial charge in [0.2, 0.25) is 5.91 Å². The molecule has 3 aliphatic rings. The number of nitriles is 1. The van der Waals surface area contributed by atoms with Crippen LogP contribution in [-0.2, 0) is 28.0 Å². The maximum atomic E-state index is 14.2. The number of hydrogen-bond donors (Lipinski definition) is 0. The van der Waals surface area contributed by atoms with Crippen LogP contribution in [0, 0.1) is 11.3 Å². The summed E-state index contributed by atoms with van der Waals surface area (Å²) in [5.74, 6) is 0.0550. The number of aromatic nitrogens is 2. The molecule has 3 aromatic rings. The zero-order valence-electron chi connectivity index (χ0n) is 21.2. The molecule has 38 heavy (non-hydrogen) atoms. The molecule has 1 saturated carbocycles. The van der Waals surface area contributed by atoms with Crippen molar-refractivity contribution in [3.8, 4) is 6.07 Å². The third kappa shape index (κ3) is 4.19. The highest BCUT2D eigenvalue weighted by molar-refractivity contribution is 6.31. The van der Waals surface area contributed by atoms with E-state index in [0.717, 1.165) is 53.5 Å². The van der Waals surface area contributed by atoms with Crippen LogP contribution in [0.4, 0.5) is 10.5 Å². The summed E-state index contributed by atoms with van der Waals surface area (Å²) in [7, 11) is 0. The fourth-order valence-electron chi connectivity index (χ4n) is 6.08. The van der Waals surface area contributed by atoms with Crippen molar-refractivity contribution >= 4 is 40.2 Å². The predicted octanol–water partition coefficient (Wildman–Crippen LogP) is 5.56. The predicted molar refractivity (Wildman–Crippen MR) is 144 cm³/mol. The first-order valence-corrected chi connectivity index (χ1v) is 13.7. The fraction of sp³-hybridized carbons (Fsp3) is 0.448. The lowest BCUT2D eigenvalue weighted by molar-refractivity contribution is -0.125. The van der Waals surface area contributed by atoms with Gasteiger partial charge in [-0.1, -0.05) is 11.6 Å². The van der Waals surface area contributed by atoms with E-state index in [1.807, 2.05) is 29.2 Å². The number of fused-ring (bicyclic) bond motifs is 3. The number of anilines is 1. The molecule has 4 heterocycles. The molecule has 2 amide bonds. The van der Waals surface area contributed by atoms with E-state index in [-0.39, 0.29) is 18.1 Å². The minimum atomic E-state index is -0.674. The van der Waals surface area contributed by atoms with E-state index in [9.17, 15) is 9.59 Å². The maximum Gasteiger partial charge on any atom is 0.410 e. The molecule has 0 unspecified atom stereocenters. The van der Waals surface area contributed by atoms with E-state index in [4.69, 9.17) is 21.6 Å². The van der Waals surface area contributed by atoms with Crippen LogP contribution in [0.25, 0.3) is 10.9 Å². The Morgan fingerprint density at radius 2 is 2.03 bits per heavy atom. The summed E-state index contributed by atoms with van der Waals surface area (Å²) in [5.41, 5.74) is 3.16. The van der Waals surface area contributed by atoms with Crippen LogP contribution >= 0.6 is 11.6 Å². The molecule has 0 N–H and O–H groups in total. The van der Waals surface area contributed by atoms with Gasteiger partial charge in [-0.15, -0.1) is 0 Å². The van der Waals surface area contributed by atoms with Crippen LogP contribution < -0.4 is 4.90 Å². The number of carbonyl (C=O) groups is 2. The Bertz CT molecular complexity index is 1430. The van der Waals surface area contributed by atoms with Gasteiger partial charge in [-0.3, -0.25) is 9.78 Å². The van der Waals surface area contributed by atoms with E-state index in [2.05, 4.69) is 21.7 Å². The molecule has 1 saturated heterocycles. The van der Waals surface area contributed by atoms with Crippen molar-refractivity contribution in [3.05, 3.63) is 59.0 Å². The van der Waals surface area contributed by atoms with E-state index < -0.39 is 5.41 Å². The number of amides is 2. The first-order chi connectivity index (χ1) is 18.5. The van der Waals surface area contributed by atoms with Crippen LogP contribution in [0.1, 0.15) is 56.2 Å². The number of halogens is 1. The molecule has 0 bridgehead atoms. The summed E-state index contributed by atoms with van der Waals surface area (Å²) in [6, 6.07) is 12.1. The summed E-state index contributed by atoms with van der Waals surface area (Å²) in [6.45, 7) is 2.05. The van der Waals surface area contributed by atoms with Gasteiger partial charge in [-0.05, 0) is 74.4 Å². The summed E-state index contributed by atoms with van der Waals surface area (Å²) < 4.78 is 7.80. The third-order valence-corrected chi connectivity index (χ3v) is 8.63. The molecular formula is C29H30ClN5O3. The lowest BCUT2D eigenvalue weighted by Crippen LogP contribution is -2.50. The molecule has 0 atom stereocenters. The van der Waals surface area contributed by atoms with Crippen LogP contribution in [0.2, 0.25) is 5.02 Å². The molecule has 0 radical (unpaired) electrons. The van der Waals surface area contributed by atoms with E-state index in [1.165, 1.54) is 0 Å². The summed E-state index contributed by atoms with van der Waals surface area (Å²) in [5, 5.41) is 10.7. The third-order valence-electron chi connectivity index (χ3n) is 8.40. The number of carbonyl (C=O) groups excluding carboxylic acids is 2. The average Bonchev–Trinajstić information content (AvgIpc) is 3.35. The lowest BCUT2D eigenvalue weighted by atomic mass is 9.74. The first-order valence-electron chi connectivity index (χ1n) is 13.4. The normalized spacial score (nSPS) is 18.5. The number of piperidine rings is 1. The molecule has 2 aliphatic heterocycles. The molecule has 196 valence electrons. The van der Waals surface area contributed by atoms with E-state index in [0.29, 0.717) is 50.5 Å². The van der Waals surface area contributed by atoms with E-state index in [1.54, 1.807) is 17.3 Å². The largest absolute Gasteiger partial charge is 0.446 e. The Kier molecular flexibility index (Phi) is 6.48. The molecule has 1 spiro atoms. The Balaban J connectivity index is 1.28. The minimum Gasteiger partial charge on any atom is -0.446 e. The number of pyridine rings is 1. The zero-order chi connectivity index (χ0) is 26.3. The van der Waals surface area contributed by atoms with Gasteiger partial charge in [0, 0.05) is 53.9 Å². The lowest BCUT2D eigenvalue weighted by Gasteiger charge is -2.39. The zero-order valence-corrected chi connectivity index (χ0v) is 22.0. The first kappa shape index (κ1) is 24.7. The summed E-state index contributed by atoms with van der Waals surface area (Å²) >= 11 is 6.28. The van der Waals surface area contributed by atoms with Gasteiger partial charge in [-0.25, -0.2) is 4.79 Å². The number of aryl methyl sites for hydroxylation is 1. The highest BCUT2D eigenvalue weighted by Crippen LogP contribution is 2.48. The molecule has 1 aliphatic carbocycles. The van der Waals surface area contributed by atoms with Crippen molar-refractivity contribution in [3.63, 3.8) is 0 Å². The average molecular weight is 532 g/mol. The summed E-state index contributed by atoms with van der Waals surface area (Å²) in [4.78, 5) is 34.8. The Morgan fingerprint density at radius 3 is 2.76 bits per heavy atom. The number of hydrogen-bond acceptors (Lipinski definition) is 5. The van der Waals surface area contributed by atoms with Gasteiger partial charge in [0.15, 0.2) is 0 Å². The molecule has 2 aromatic heterocycles. The topological polar surface area (TPSA) is 91.5 Å². The van der Waals surface area contributed by atoms with Crippen molar-refractivity contribution in [1.29, 1.82) is 5.26 Å².